The Morgan fingerprint density at radius 1 is 0.800 bits per heavy atom. The summed E-state index contributed by atoms with van der Waals surface area (Å²) in [5.74, 6) is -3.11. The van der Waals surface area contributed by atoms with Crippen LogP contribution in [0.1, 0.15) is 35.8 Å². The van der Waals surface area contributed by atoms with E-state index in [2.05, 4.69) is 10.6 Å². The highest BCUT2D eigenvalue weighted by atomic mass is 32.1. The number of carboxylic acid groups (broad SMARTS) is 1. The topological polar surface area (TPSA) is 148 Å². The molecular weight excluding hydrogens is 590 g/mol. The second kappa shape index (κ2) is 15.7. The minimum absolute atomic E-state index is 0.189. The normalized spacial score (nSPS) is 13.6. The molecule has 3 amide bonds. The molecule has 0 aliphatic heterocycles. The van der Waals surface area contributed by atoms with E-state index >= 15 is 0 Å². The summed E-state index contributed by atoms with van der Waals surface area (Å²) in [5, 5.41) is 16.5. The number of thiophene rings is 1. The molecule has 0 spiro atoms. The van der Waals surface area contributed by atoms with E-state index in [9.17, 15) is 19.2 Å². The van der Waals surface area contributed by atoms with Crippen molar-refractivity contribution in [2.45, 2.75) is 44.7 Å². The first-order chi connectivity index (χ1) is 21.6. The van der Waals surface area contributed by atoms with Gasteiger partial charge in [0.25, 0.3) is 5.91 Å². The highest BCUT2D eigenvalue weighted by molar-refractivity contribution is 7.10. The molecule has 1 unspecified atom stereocenters. The molecule has 3 aromatic carbocycles. The third-order valence-corrected chi connectivity index (χ3v) is 8.58. The Labute approximate surface area is 266 Å². The van der Waals surface area contributed by atoms with Crippen LogP contribution in [0.5, 0.6) is 5.75 Å². The van der Waals surface area contributed by atoms with E-state index in [4.69, 9.17) is 15.6 Å². The van der Waals surface area contributed by atoms with Crippen molar-refractivity contribution in [2.75, 3.05) is 6.61 Å². The van der Waals surface area contributed by atoms with E-state index in [1.165, 1.54) is 11.3 Å². The number of carbonyl (C=O) groups excluding carboxylic acids is 3. The number of nitrogens with one attached hydrogen (secondary N) is 2. The van der Waals surface area contributed by atoms with Gasteiger partial charge in [0, 0.05) is 17.2 Å². The lowest BCUT2D eigenvalue weighted by molar-refractivity contribution is -0.141. The van der Waals surface area contributed by atoms with Crippen molar-refractivity contribution >= 4 is 35.0 Å². The summed E-state index contributed by atoms with van der Waals surface area (Å²) in [6.45, 7) is 3.12. The van der Waals surface area contributed by atoms with E-state index < -0.39 is 47.6 Å². The van der Waals surface area contributed by atoms with Gasteiger partial charge in [0.15, 0.2) is 6.61 Å². The number of aliphatic carboxylic acids is 1. The monoisotopic (exact) mass is 627 g/mol. The Balaban J connectivity index is 1.40. The van der Waals surface area contributed by atoms with Gasteiger partial charge in [-0.05, 0) is 52.3 Å². The highest BCUT2D eigenvalue weighted by Gasteiger charge is 2.31. The summed E-state index contributed by atoms with van der Waals surface area (Å²) in [6.07, 6.45) is 0.563. The standard InChI is InChI=1S/C35H37N3O6S/c1-22(35(42)43)19-24-12-16-28(17-13-24)44-21-31(39)38-32(23(2)30-9-6-18-45-30)34(41)37-29(33(36)40)20-25-10-14-27(15-11-25)26-7-4-3-5-8-26/h3-18,22-23,29,32H,19-21H2,1-2H3,(H2,36,40)(H,37,41)(H,38,39)(H,42,43)/t22-,23?,29-,32-/m0/s1. The SMILES string of the molecule is CC(c1cccs1)[C@H](NC(=O)COc1ccc(C[C@H](C)C(=O)O)cc1)C(=O)N[C@@H](Cc1ccc(-c2ccccc2)cc1)C(N)=O. The summed E-state index contributed by atoms with van der Waals surface area (Å²) >= 11 is 1.46. The maximum atomic E-state index is 13.6. The van der Waals surface area contributed by atoms with Crippen molar-refractivity contribution in [3.63, 3.8) is 0 Å². The van der Waals surface area contributed by atoms with Crippen LogP contribution < -0.4 is 21.1 Å². The Kier molecular flexibility index (Phi) is 11.5. The lowest BCUT2D eigenvalue weighted by atomic mass is 9.97. The van der Waals surface area contributed by atoms with Crippen LogP contribution in [-0.2, 0) is 32.0 Å². The number of rotatable bonds is 15. The van der Waals surface area contributed by atoms with Crippen LogP contribution in [0.15, 0.2) is 96.4 Å². The van der Waals surface area contributed by atoms with E-state index in [-0.39, 0.29) is 13.0 Å². The van der Waals surface area contributed by atoms with E-state index in [1.807, 2.05) is 79.0 Å². The largest absolute Gasteiger partial charge is 0.484 e. The average molecular weight is 628 g/mol. The first-order valence-corrected chi connectivity index (χ1v) is 15.5. The molecule has 9 nitrogen and oxygen atoms in total. The number of primary amides is 1. The smallest absolute Gasteiger partial charge is 0.306 e. The van der Waals surface area contributed by atoms with E-state index in [0.717, 1.165) is 27.1 Å². The number of hydrogen-bond donors (Lipinski definition) is 4. The van der Waals surface area contributed by atoms with Crippen LogP contribution in [0.4, 0.5) is 0 Å². The maximum absolute atomic E-state index is 13.6. The predicted octanol–water partition coefficient (Wildman–Crippen LogP) is 4.56. The van der Waals surface area contributed by atoms with Gasteiger partial charge in [0.1, 0.15) is 17.8 Å². The quantitative estimate of drug-likeness (QED) is 0.152. The zero-order valence-electron chi connectivity index (χ0n) is 25.1. The van der Waals surface area contributed by atoms with Gasteiger partial charge in [-0.15, -0.1) is 11.3 Å². The zero-order chi connectivity index (χ0) is 32.3. The summed E-state index contributed by atoms with van der Waals surface area (Å²) in [4.78, 5) is 51.0. The number of benzene rings is 3. The molecule has 0 saturated heterocycles. The fourth-order valence-corrected chi connectivity index (χ4v) is 5.66. The van der Waals surface area contributed by atoms with Crippen molar-refractivity contribution in [1.29, 1.82) is 0 Å². The molecule has 45 heavy (non-hydrogen) atoms. The molecular formula is C35H37N3O6S. The van der Waals surface area contributed by atoms with Crippen LogP contribution >= 0.6 is 11.3 Å². The third kappa shape index (κ3) is 9.51. The second-order valence-electron chi connectivity index (χ2n) is 11.0. The van der Waals surface area contributed by atoms with Gasteiger partial charge in [-0.25, -0.2) is 0 Å². The molecule has 0 fully saturated rings. The minimum atomic E-state index is -0.998. The lowest BCUT2D eigenvalue weighted by Gasteiger charge is -2.26. The number of amides is 3. The van der Waals surface area contributed by atoms with Crippen molar-refractivity contribution in [3.05, 3.63) is 112 Å². The van der Waals surface area contributed by atoms with Crippen molar-refractivity contribution in [1.82, 2.24) is 10.6 Å². The van der Waals surface area contributed by atoms with Crippen LogP contribution in [-0.4, -0.2) is 47.5 Å². The molecule has 10 heteroatoms. The molecule has 234 valence electrons. The predicted molar refractivity (Wildman–Crippen MR) is 174 cm³/mol. The molecule has 4 aromatic rings. The maximum Gasteiger partial charge on any atom is 0.306 e. The van der Waals surface area contributed by atoms with Gasteiger partial charge in [-0.2, -0.15) is 0 Å². The number of hydrogen-bond acceptors (Lipinski definition) is 6. The average Bonchev–Trinajstić information content (AvgIpc) is 3.58. The van der Waals surface area contributed by atoms with Crippen LogP contribution in [0.3, 0.4) is 0 Å². The molecule has 0 aliphatic carbocycles. The van der Waals surface area contributed by atoms with Gasteiger partial charge in [0.05, 0.1) is 5.92 Å². The van der Waals surface area contributed by atoms with Crippen molar-refractivity contribution in [2.24, 2.45) is 11.7 Å². The molecule has 5 N–H and O–H groups in total. The van der Waals surface area contributed by atoms with Gasteiger partial charge in [-0.3, -0.25) is 19.2 Å². The number of carboxylic acids is 1. The molecule has 4 rings (SSSR count). The molecule has 0 aliphatic rings. The zero-order valence-corrected chi connectivity index (χ0v) is 26.0. The van der Waals surface area contributed by atoms with Crippen LogP contribution in [0.25, 0.3) is 11.1 Å². The Morgan fingerprint density at radius 2 is 1.42 bits per heavy atom. The van der Waals surface area contributed by atoms with E-state index in [0.29, 0.717) is 12.2 Å². The van der Waals surface area contributed by atoms with E-state index in [1.54, 1.807) is 31.2 Å². The first kappa shape index (κ1) is 32.9. The molecule has 0 radical (unpaired) electrons. The summed E-state index contributed by atoms with van der Waals surface area (Å²) in [7, 11) is 0. The molecule has 0 bridgehead atoms. The van der Waals surface area contributed by atoms with Crippen molar-refractivity contribution in [3.8, 4) is 16.9 Å². The molecule has 0 saturated carbocycles. The fourth-order valence-electron chi connectivity index (χ4n) is 4.84. The van der Waals surface area contributed by atoms with Gasteiger partial charge >= 0.3 is 5.97 Å². The van der Waals surface area contributed by atoms with Crippen LogP contribution in [0, 0.1) is 5.92 Å². The Hall–Kier alpha value is -4.96. The number of nitrogens with two attached hydrogens (primary N) is 1. The van der Waals surface area contributed by atoms with Gasteiger partial charge in [-0.1, -0.05) is 86.6 Å². The number of carbonyl (C=O) groups is 4. The van der Waals surface area contributed by atoms with Gasteiger partial charge in [0.2, 0.25) is 11.8 Å². The lowest BCUT2D eigenvalue weighted by Crippen LogP contribution is -2.55. The molecule has 1 heterocycles. The molecule has 4 atom stereocenters. The fraction of sp³-hybridized carbons (Fsp3) is 0.257. The summed E-state index contributed by atoms with van der Waals surface area (Å²) < 4.78 is 5.63. The summed E-state index contributed by atoms with van der Waals surface area (Å²) in [5.41, 5.74) is 9.45. The Bertz CT molecular complexity index is 1570. The van der Waals surface area contributed by atoms with Crippen molar-refractivity contribution < 1.29 is 29.0 Å². The van der Waals surface area contributed by atoms with Gasteiger partial charge < -0.3 is 26.2 Å². The Morgan fingerprint density at radius 3 is 2.02 bits per heavy atom. The summed E-state index contributed by atoms with van der Waals surface area (Å²) in [6, 6.07) is 26.2. The highest BCUT2D eigenvalue weighted by Crippen LogP contribution is 2.25. The van der Waals surface area contributed by atoms with Crippen LogP contribution in [0.2, 0.25) is 0 Å². The second-order valence-corrected chi connectivity index (χ2v) is 11.9. The first-order valence-electron chi connectivity index (χ1n) is 14.6. The number of ether oxygens (including phenoxy) is 1. The minimum Gasteiger partial charge on any atom is -0.484 e. The molecule has 1 aromatic heterocycles. The third-order valence-electron chi connectivity index (χ3n) is 7.51.